The van der Waals surface area contributed by atoms with Crippen LogP contribution in [-0.4, -0.2) is 30.4 Å². The van der Waals surface area contributed by atoms with Crippen LogP contribution >= 0.6 is 0 Å². The SMILES string of the molecule is COC(=O)c1ccc2c(c1)C(C(=O)O)c1cccc(C=O)c1O2. The summed E-state index contributed by atoms with van der Waals surface area (Å²) in [5, 5.41) is 9.62. The van der Waals surface area contributed by atoms with Crippen molar-refractivity contribution in [1.82, 2.24) is 0 Å². The van der Waals surface area contributed by atoms with Crippen molar-refractivity contribution in [2.75, 3.05) is 7.11 Å². The minimum Gasteiger partial charge on any atom is -0.481 e. The fourth-order valence-electron chi connectivity index (χ4n) is 2.67. The first kappa shape index (κ1) is 14.8. The number of esters is 1. The van der Waals surface area contributed by atoms with E-state index in [1.807, 2.05) is 0 Å². The highest BCUT2D eigenvalue weighted by atomic mass is 16.5. The van der Waals surface area contributed by atoms with Gasteiger partial charge in [0.1, 0.15) is 17.4 Å². The Hall–Kier alpha value is -3.15. The molecule has 0 amide bonds. The summed E-state index contributed by atoms with van der Waals surface area (Å²) in [5.41, 5.74) is 1.22. The monoisotopic (exact) mass is 312 g/mol. The first-order valence-corrected chi connectivity index (χ1v) is 6.77. The molecule has 0 aromatic heterocycles. The Labute approximate surface area is 131 Å². The van der Waals surface area contributed by atoms with E-state index in [0.717, 1.165) is 0 Å². The Kier molecular flexibility index (Phi) is 3.57. The smallest absolute Gasteiger partial charge is 0.337 e. The molecule has 0 spiro atoms. The minimum absolute atomic E-state index is 0.230. The molecule has 2 aromatic carbocycles. The summed E-state index contributed by atoms with van der Waals surface area (Å²) in [6.07, 6.45) is 0.617. The number of hydrogen-bond donors (Lipinski definition) is 1. The van der Waals surface area contributed by atoms with Crippen LogP contribution in [0.15, 0.2) is 36.4 Å². The van der Waals surface area contributed by atoms with Gasteiger partial charge in [-0.25, -0.2) is 4.79 Å². The van der Waals surface area contributed by atoms with E-state index in [-0.39, 0.29) is 16.9 Å². The van der Waals surface area contributed by atoms with Gasteiger partial charge in [-0.15, -0.1) is 0 Å². The van der Waals surface area contributed by atoms with Gasteiger partial charge in [-0.05, 0) is 24.3 Å². The van der Waals surface area contributed by atoms with Crippen LogP contribution in [0.25, 0.3) is 0 Å². The number of aldehydes is 1. The standard InChI is InChI=1S/C17H12O6/c1-22-17(21)9-5-6-13-12(7-9)14(16(19)20)11-4-2-3-10(8-18)15(11)23-13/h2-8,14H,1H3,(H,19,20). The lowest BCUT2D eigenvalue weighted by molar-refractivity contribution is -0.137. The summed E-state index contributed by atoms with van der Waals surface area (Å²) < 4.78 is 10.4. The molecule has 23 heavy (non-hydrogen) atoms. The summed E-state index contributed by atoms with van der Waals surface area (Å²) in [6, 6.07) is 9.17. The number of methoxy groups -OCH3 is 1. The number of carbonyl (C=O) groups is 3. The molecule has 1 heterocycles. The molecule has 0 fully saturated rings. The molecule has 6 heteroatoms. The van der Waals surface area contributed by atoms with E-state index in [0.29, 0.717) is 23.2 Å². The Bertz CT molecular complexity index is 824. The first-order chi connectivity index (χ1) is 11.1. The van der Waals surface area contributed by atoms with Gasteiger partial charge in [0.2, 0.25) is 0 Å². The first-order valence-electron chi connectivity index (χ1n) is 6.77. The summed E-state index contributed by atoms with van der Waals surface area (Å²) in [6.45, 7) is 0. The van der Waals surface area contributed by atoms with E-state index >= 15 is 0 Å². The maximum Gasteiger partial charge on any atom is 0.337 e. The van der Waals surface area contributed by atoms with Crippen LogP contribution in [0.3, 0.4) is 0 Å². The molecule has 0 aliphatic carbocycles. The topological polar surface area (TPSA) is 89.9 Å². The van der Waals surface area contributed by atoms with Gasteiger partial charge < -0.3 is 14.6 Å². The maximum absolute atomic E-state index is 11.8. The predicted molar refractivity (Wildman–Crippen MR) is 79.2 cm³/mol. The van der Waals surface area contributed by atoms with E-state index in [2.05, 4.69) is 4.74 Å². The van der Waals surface area contributed by atoms with Crippen LogP contribution in [0.5, 0.6) is 11.5 Å². The zero-order chi connectivity index (χ0) is 16.6. The van der Waals surface area contributed by atoms with E-state index in [9.17, 15) is 19.5 Å². The van der Waals surface area contributed by atoms with Gasteiger partial charge in [-0.2, -0.15) is 0 Å². The molecule has 3 rings (SSSR count). The Morgan fingerprint density at radius 1 is 1.22 bits per heavy atom. The van der Waals surface area contributed by atoms with Gasteiger partial charge in [0.25, 0.3) is 0 Å². The summed E-state index contributed by atoms with van der Waals surface area (Å²) in [7, 11) is 1.25. The largest absolute Gasteiger partial charge is 0.481 e. The number of carboxylic acid groups (broad SMARTS) is 1. The molecule has 2 aromatic rings. The molecule has 116 valence electrons. The van der Waals surface area contributed by atoms with Crippen molar-refractivity contribution in [3.8, 4) is 11.5 Å². The number of benzene rings is 2. The minimum atomic E-state index is -1.10. The van der Waals surface area contributed by atoms with Crippen molar-refractivity contribution in [2.24, 2.45) is 0 Å². The average molecular weight is 312 g/mol. The van der Waals surface area contributed by atoms with E-state index in [1.54, 1.807) is 18.2 Å². The molecule has 1 N–H and O–H groups in total. The maximum atomic E-state index is 11.8. The third-order valence-corrected chi connectivity index (χ3v) is 3.71. The second kappa shape index (κ2) is 5.57. The van der Waals surface area contributed by atoms with E-state index in [1.165, 1.54) is 25.3 Å². The van der Waals surface area contributed by atoms with Crippen LogP contribution in [0, 0.1) is 0 Å². The van der Waals surface area contributed by atoms with Crippen LogP contribution < -0.4 is 4.74 Å². The number of para-hydroxylation sites is 1. The van der Waals surface area contributed by atoms with Crippen LogP contribution in [-0.2, 0) is 9.53 Å². The number of hydrogen-bond acceptors (Lipinski definition) is 5. The van der Waals surface area contributed by atoms with Crippen molar-refractivity contribution in [3.63, 3.8) is 0 Å². The third kappa shape index (κ3) is 2.34. The molecular weight excluding hydrogens is 300 g/mol. The second-order valence-corrected chi connectivity index (χ2v) is 5.00. The predicted octanol–water partition coefficient (Wildman–Crippen LogP) is 2.61. The molecule has 1 aliphatic rings. The van der Waals surface area contributed by atoms with E-state index < -0.39 is 17.9 Å². The highest BCUT2D eigenvalue weighted by Gasteiger charge is 2.34. The molecule has 0 radical (unpaired) electrons. The van der Waals surface area contributed by atoms with E-state index in [4.69, 9.17) is 4.74 Å². The number of carboxylic acids is 1. The molecule has 1 atom stereocenters. The lowest BCUT2D eigenvalue weighted by atomic mass is 9.86. The van der Waals surface area contributed by atoms with Gasteiger partial charge in [0.05, 0.1) is 18.2 Å². The summed E-state index contributed by atoms with van der Waals surface area (Å²) in [5.74, 6) is -2.16. The van der Waals surface area contributed by atoms with Crippen LogP contribution in [0.4, 0.5) is 0 Å². The number of aliphatic carboxylic acids is 1. The fraction of sp³-hybridized carbons (Fsp3) is 0.118. The van der Waals surface area contributed by atoms with Gasteiger partial charge in [0.15, 0.2) is 6.29 Å². The Balaban J connectivity index is 2.21. The second-order valence-electron chi connectivity index (χ2n) is 5.00. The molecule has 0 saturated carbocycles. The normalized spacial score (nSPS) is 14.9. The lowest BCUT2D eigenvalue weighted by Crippen LogP contribution is -2.20. The lowest BCUT2D eigenvalue weighted by Gasteiger charge is -2.26. The van der Waals surface area contributed by atoms with Crippen molar-refractivity contribution < 1.29 is 29.0 Å². The van der Waals surface area contributed by atoms with Gasteiger partial charge in [-0.1, -0.05) is 12.1 Å². The number of ether oxygens (including phenoxy) is 2. The quantitative estimate of drug-likeness (QED) is 0.692. The average Bonchev–Trinajstić information content (AvgIpc) is 2.57. The highest BCUT2D eigenvalue weighted by Crippen LogP contribution is 2.45. The zero-order valence-corrected chi connectivity index (χ0v) is 12.1. The number of carbonyl (C=O) groups excluding carboxylic acids is 2. The molecular formula is C17H12O6. The summed E-state index contributed by atoms with van der Waals surface area (Å²) >= 11 is 0. The Morgan fingerprint density at radius 3 is 2.65 bits per heavy atom. The number of rotatable bonds is 3. The van der Waals surface area contributed by atoms with Crippen molar-refractivity contribution >= 4 is 18.2 Å². The summed E-state index contributed by atoms with van der Waals surface area (Å²) in [4.78, 5) is 34.6. The number of fused-ring (bicyclic) bond motifs is 2. The van der Waals surface area contributed by atoms with Gasteiger partial charge in [0, 0.05) is 11.1 Å². The Morgan fingerprint density at radius 2 is 2.00 bits per heavy atom. The molecule has 1 unspecified atom stereocenters. The molecule has 1 aliphatic heterocycles. The fourth-order valence-corrected chi connectivity index (χ4v) is 2.67. The molecule has 0 saturated heterocycles. The van der Waals surface area contributed by atoms with Crippen molar-refractivity contribution in [2.45, 2.75) is 5.92 Å². The van der Waals surface area contributed by atoms with Gasteiger partial charge in [-0.3, -0.25) is 9.59 Å². The van der Waals surface area contributed by atoms with Crippen LogP contribution in [0.1, 0.15) is 37.8 Å². The van der Waals surface area contributed by atoms with Crippen molar-refractivity contribution in [1.29, 1.82) is 0 Å². The molecule has 6 nitrogen and oxygen atoms in total. The third-order valence-electron chi connectivity index (χ3n) is 3.71. The molecule has 0 bridgehead atoms. The highest BCUT2D eigenvalue weighted by molar-refractivity contribution is 5.92. The van der Waals surface area contributed by atoms with Gasteiger partial charge >= 0.3 is 11.9 Å². The van der Waals surface area contributed by atoms with Crippen molar-refractivity contribution in [3.05, 3.63) is 58.7 Å². The zero-order valence-electron chi connectivity index (χ0n) is 12.1. The van der Waals surface area contributed by atoms with Crippen LogP contribution in [0.2, 0.25) is 0 Å².